The molecule has 2 aliphatic rings. The molecule has 1 aromatic carbocycles. The van der Waals surface area contributed by atoms with E-state index >= 15 is 0 Å². The molecule has 1 aromatic heterocycles. The predicted molar refractivity (Wildman–Crippen MR) is 120 cm³/mol. The summed E-state index contributed by atoms with van der Waals surface area (Å²) in [5.41, 5.74) is 1.95. The molecule has 0 bridgehead atoms. The molecule has 172 valence electrons. The first-order chi connectivity index (χ1) is 15.5. The molecule has 2 amide bonds. The van der Waals surface area contributed by atoms with Gasteiger partial charge < -0.3 is 19.1 Å². The maximum atomic E-state index is 13.1. The van der Waals surface area contributed by atoms with Gasteiger partial charge in [0.25, 0.3) is 5.91 Å². The van der Waals surface area contributed by atoms with E-state index in [9.17, 15) is 9.59 Å². The van der Waals surface area contributed by atoms with Crippen LogP contribution < -0.4 is 0 Å². The highest BCUT2D eigenvalue weighted by Gasteiger charge is 2.33. The maximum absolute atomic E-state index is 13.1. The second kappa shape index (κ2) is 9.81. The number of methoxy groups -OCH3 is 1. The normalized spacial score (nSPS) is 19.1. The molecule has 0 spiro atoms. The molecule has 32 heavy (non-hydrogen) atoms. The number of hydrogen-bond acceptors (Lipinski definition) is 5. The van der Waals surface area contributed by atoms with Gasteiger partial charge in [-0.25, -0.2) is 0 Å². The van der Waals surface area contributed by atoms with Crippen molar-refractivity contribution in [2.24, 2.45) is 0 Å². The molecule has 0 N–H and O–H groups in total. The Labute approximate surface area is 189 Å². The average molecular weight is 440 g/mol. The highest BCUT2D eigenvalue weighted by molar-refractivity contribution is 5.94. The van der Waals surface area contributed by atoms with Crippen LogP contribution in [0, 0.1) is 0 Å². The molecular formula is C24H33N5O3. The number of likely N-dealkylation sites (tertiary alicyclic amines) is 1. The lowest BCUT2D eigenvalue weighted by Gasteiger charge is -2.35. The minimum atomic E-state index is -0.0847. The molecule has 4 rings (SSSR count). The van der Waals surface area contributed by atoms with Crippen molar-refractivity contribution in [2.75, 3.05) is 33.4 Å². The van der Waals surface area contributed by atoms with Crippen molar-refractivity contribution in [3.8, 4) is 0 Å². The smallest absolute Gasteiger partial charge is 0.253 e. The van der Waals surface area contributed by atoms with Crippen LogP contribution in [-0.2, 0) is 22.5 Å². The lowest BCUT2D eigenvalue weighted by atomic mass is 10.0. The Morgan fingerprint density at radius 1 is 1.06 bits per heavy atom. The van der Waals surface area contributed by atoms with E-state index in [0.717, 1.165) is 36.5 Å². The van der Waals surface area contributed by atoms with Gasteiger partial charge in [-0.2, -0.15) is 0 Å². The summed E-state index contributed by atoms with van der Waals surface area (Å²) in [6.45, 7) is 6.93. The van der Waals surface area contributed by atoms with Crippen molar-refractivity contribution in [3.63, 3.8) is 0 Å². The van der Waals surface area contributed by atoms with Crippen LogP contribution in [0.4, 0.5) is 0 Å². The van der Waals surface area contributed by atoms with E-state index in [1.807, 2.05) is 34.1 Å². The molecule has 2 aromatic rings. The van der Waals surface area contributed by atoms with E-state index < -0.39 is 0 Å². The van der Waals surface area contributed by atoms with Gasteiger partial charge in [0.05, 0.1) is 6.04 Å². The van der Waals surface area contributed by atoms with Crippen molar-refractivity contribution in [1.29, 1.82) is 0 Å². The number of nitrogens with zero attached hydrogens (tertiary/aromatic N) is 5. The molecule has 1 atom stereocenters. The molecule has 0 radical (unpaired) electrons. The molecular weight excluding hydrogens is 406 g/mol. The minimum Gasteiger partial charge on any atom is -0.375 e. The fourth-order valence-electron chi connectivity index (χ4n) is 4.69. The molecule has 1 saturated heterocycles. The Bertz CT molecular complexity index is 953. The standard InChI is InChI=1S/C24H33N5O3/c1-17(2)18-7-9-19(10-8-18)24(31)27-13-11-21-25-26-23(29(21)15-14-27)20-6-4-5-12-28(20)22(30)16-32-3/h7-10,17,20H,4-6,11-16H2,1-3H3. The minimum absolute atomic E-state index is 0.00943. The third-order valence-electron chi connectivity index (χ3n) is 6.56. The summed E-state index contributed by atoms with van der Waals surface area (Å²) < 4.78 is 7.20. The Kier molecular flexibility index (Phi) is 6.89. The first-order valence-corrected chi connectivity index (χ1v) is 11.6. The van der Waals surface area contributed by atoms with Crippen LogP contribution in [0.3, 0.4) is 0 Å². The monoisotopic (exact) mass is 439 g/mol. The average Bonchev–Trinajstić information content (AvgIpc) is 3.09. The first kappa shape index (κ1) is 22.5. The number of benzene rings is 1. The van der Waals surface area contributed by atoms with Gasteiger partial charge in [-0.15, -0.1) is 10.2 Å². The zero-order chi connectivity index (χ0) is 22.7. The third-order valence-corrected chi connectivity index (χ3v) is 6.56. The molecule has 1 fully saturated rings. The fourth-order valence-corrected chi connectivity index (χ4v) is 4.69. The van der Waals surface area contributed by atoms with E-state index in [0.29, 0.717) is 38.5 Å². The van der Waals surface area contributed by atoms with E-state index in [1.165, 1.54) is 5.56 Å². The second-order valence-corrected chi connectivity index (χ2v) is 8.98. The summed E-state index contributed by atoms with van der Waals surface area (Å²) in [7, 11) is 1.54. The molecule has 0 aliphatic carbocycles. The zero-order valence-electron chi connectivity index (χ0n) is 19.3. The largest absolute Gasteiger partial charge is 0.375 e. The fraction of sp³-hybridized carbons (Fsp3) is 0.583. The lowest BCUT2D eigenvalue weighted by molar-refractivity contribution is -0.139. The van der Waals surface area contributed by atoms with Gasteiger partial charge in [0.1, 0.15) is 12.4 Å². The quantitative estimate of drug-likeness (QED) is 0.716. The van der Waals surface area contributed by atoms with Crippen LogP contribution in [0.1, 0.15) is 72.6 Å². The number of carbonyl (C=O) groups is 2. The van der Waals surface area contributed by atoms with Crippen LogP contribution in [0.15, 0.2) is 24.3 Å². The Hall–Kier alpha value is -2.74. The summed E-state index contributed by atoms with van der Waals surface area (Å²) in [6, 6.07) is 7.85. The van der Waals surface area contributed by atoms with E-state index in [2.05, 4.69) is 28.6 Å². The molecule has 2 aliphatic heterocycles. The van der Waals surface area contributed by atoms with E-state index in [-0.39, 0.29) is 24.5 Å². The molecule has 8 nitrogen and oxygen atoms in total. The molecule has 8 heteroatoms. The van der Waals surface area contributed by atoms with Crippen LogP contribution in [0.5, 0.6) is 0 Å². The van der Waals surface area contributed by atoms with Gasteiger partial charge in [-0.3, -0.25) is 9.59 Å². The Morgan fingerprint density at radius 2 is 1.84 bits per heavy atom. The second-order valence-electron chi connectivity index (χ2n) is 8.98. The summed E-state index contributed by atoms with van der Waals surface area (Å²) in [5.74, 6) is 2.20. The summed E-state index contributed by atoms with van der Waals surface area (Å²) in [6.07, 6.45) is 3.57. The topological polar surface area (TPSA) is 80.6 Å². The molecule has 3 heterocycles. The third kappa shape index (κ3) is 4.55. The van der Waals surface area contributed by atoms with Crippen molar-refractivity contribution >= 4 is 11.8 Å². The number of aromatic nitrogens is 3. The van der Waals surface area contributed by atoms with Gasteiger partial charge in [-0.1, -0.05) is 26.0 Å². The van der Waals surface area contributed by atoms with Gasteiger partial charge in [0.15, 0.2) is 5.82 Å². The molecule has 1 unspecified atom stereocenters. The summed E-state index contributed by atoms with van der Waals surface area (Å²) in [5, 5.41) is 8.92. The summed E-state index contributed by atoms with van der Waals surface area (Å²) >= 11 is 0. The Morgan fingerprint density at radius 3 is 2.56 bits per heavy atom. The van der Waals surface area contributed by atoms with Crippen molar-refractivity contribution in [3.05, 3.63) is 47.0 Å². The predicted octanol–water partition coefficient (Wildman–Crippen LogP) is 2.80. The Balaban J connectivity index is 1.49. The van der Waals surface area contributed by atoms with Crippen LogP contribution in [0.2, 0.25) is 0 Å². The number of piperidine rings is 1. The number of amides is 2. The van der Waals surface area contributed by atoms with Crippen LogP contribution in [-0.4, -0.2) is 69.7 Å². The summed E-state index contributed by atoms with van der Waals surface area (Å²) in [4.78, 5) is 29.5. The van der Waals surface area contributed by atoms with Gasteiger partial charge >= 0.3 is 0 Å². The van der Waals surface area contributed by atoms with E-state index in [1.54, 1.807) is 7.11 Å². The number of ether oxygens (including phenoxy) is 1. The van der Waals surface area contributed by atoms with Crippen LogP contribution in [0.25, 0.3) is 0 Å². The van der Waals surface area contributed by atoms with Crippen molar-refractivity contribution in [2.45, 2.75) is 58.0 Å². The number of rotatable bonds is 5. The number of fused-ring (bicyclic) bond motifs is 1. The highest BCUT2D eigenvalue weighted by Crippen LogP contribution is 2.31. The maximum Gasteiger partial charge on any atom is 0.253 e. The lowest BCUT2D eigenvalue weighted by Crippen LogP contribution is -2.41. The highest BCUT2D eigenvalue weighted by atomic mass is 16.5. The van der Waals surface area contributed by atoms with Crippen molar-refractivity contribution < 1.29 is 14.3 Å². The number of hydrogen-bond donors (Lipinski definition) is 0. The SMILES string of the molecule is COCC(=O)N1CCCCC1c1nnc2n1CCN(C(=O)c1ccc(C(C)C)cc1)CC2. The van der Waals surface area contributed by atoms with Gasteiger partial charge in [0, 0.05) is 45.3 Å². The van der Waals surface area contributed by atoms with Gasteiger partial charge in [0.2, 0.25) is 5.91 Å². The van der Waals surface area contributed by atoms with Crippen LogP contribution >= 0.6 is 0 Å². The zero-order valence-corrected chi connectivity index (χ0v) is 19.3. The first-order valence-electron chi connectivity index (χ1n) is 11.6. The number of carbonyl (C=O) groups excluding carboxylic acids is 2. The molecule has 0 saturated carbocycles. The van der Waals surface area contributed by atoms with Gasteiger partial charge in [-0.05, 0) is 42.9 Å². The van der Waals surface area contributed by atoms with Crippen molar-refractivity contribution in [1.82, 2.24) is 24.6 Å². The van der Waals surface area contributed by atoms with E-state index in [4.69, 9.17) is 4.74 Å².